The summed E-state index contributed by atoms with van der Waals surface area (Å²) in [5.74, 6) is 0.576. The number of hydrogen-bond donors (Lipinski definition) is 2. The molecule has 4 nitrogen and oxygen atoms in total. The standard InChI is InChI=1S/C12H13BrN4/c13-10-7-15-12(16-8-10)17-11(6-14)9-4-2-1-3-5-9/h1-5,7-8,11H,6,14H2,(H,15,16,17). The van der Waals surface area contributed by atoms with E-state index in [1.165, 1.54) is 0 Å². The number of anilines is 1. The highest BCUT2D eigenvalue weighted by atomic mass is 79.9. The monoisotopic (exact) mass is 292 g/mol. The average molecular weight is 293 g/mol. The molecule has 0 amide bonds. The molecule has 1 atom stereocenters. The van der Waals surface area contributed by atoms with Crippen LogP contribution in [0.25, 0.3) is 0 Å². The predicted molar refractivity (Wildman–Crippen MR) is 71.6 cm³/mol. The smallest absolute Gasteiger partial charge is 0.223 e. The Morgan fingerprint density at radius 3 is 2.41 bits per heavy atom. The minimum Gasteiger partial charge on any atom is -0.346 e. The van der Waals surface area contributed by atoms with Gasteiger partial charge in [-0.15, -0.1) is 0 Å². The Morgan fingerprint density at radius 1 is 1.18 bits per heavy atom. The van der Waals surface area contributed by atoms with E-state index in [9.17, 15) is 0 Å². The highest BCUT2D eigenvalue weighted by Gasteiger charge is 2.09. The van der Waals surface area contributed by atoms with E-state index in [0.29, 0.717) is 12.5 Å². The lowest BCUT2D eigenvalue weighted by Gasteiger charge is -2.16. The van der Waals surface area contributed by atoms with E-state index in [-0.39, 0.29) is 6.04 Å². The van der Waals surface area contributed by atoms with Gasteiger partial charge in [0.25, 0.3) is 0 Å². The van der Waals surface area contributed by atoms with Crippen molar-refractivity contribution in [3.8, 4) is 0 Å². The fourth-order valence-corrected chi connectivity index (χ4v) is 1.71. The van der Waals surface area contributed by atoms with E-state index in [1.54, 1.807) is 12.4 Å². The molecular formula is C12H13BrN4. The van der Waals surface area contributed by atoms with E-state index < -0.39 is 0 Å². The number of hydrogen-bond acceptors (Lipinski definition) is 4. The first-order valence-corrected chi connectivity index (χ1v) is 6.08. The Kier molecular flexibility index (Phi) is 4.06. The normalized spacial score (nSPS) is 12.1. The van der Waals surface area contributed by atoms with Crippen molar-refractivity contribution in [3.63, 3.8) is 0 Å². The molecule has 0 spiro atoms. The number of nitrogens with zero attached hydrogens (tertiary/aromatic N) is 2. The molecule has 1 aromatic heterocycles. The van der Waals surface area contributed by atoms with Crippen LogP contribution in [0.1, 0.15) is 11.6 Å². The number of halogens is 1. The predicted octanol–water partition coefficient (Wildman–Crippen LogP) is 2.35. The molecule has 0 fully saturated rings. The Bertz CT molecular complexity index is 458. The molecule has 0 saturated heterocycles. The van der Waals surface area contributed by atoms with E-state index in [2.05, 4.69) is 31.2 Å². The molecule has 0 aliphatic rings. The molecule has 1 heterocycles. The molecule has 0 saturated carbocycles. The maximum atomic E-state index is 5.76. The van der Waals surface area contributed by atoms with Gasteiger partial charge in [-0.1, -0.05) is 30.3 Å². The molecule has 0 aliphatic carbocycles. The highest BCUT2D eigenvalue weighted by Crippen LogP contribution is 2.16. The van der Waals surface area contributed by atoms with Gasteiger partial charge in [0.1, 0.15) is 0 Å². The van der Waals surface area contributed by atoms with Gasteiger partial charge < -0.3 is 11.1 Å². The zero-order valence-electron chi connectivity index (χ0n) is 9.18. The first-order chi connectivity index (χ1) is 8.29. The molecule has 1 unspecified atom stereocenters. The number of benzene rings is 1. The lowest BCUT2D eigenvalue weighted by Crippen LogP contribution is -2.21. The van der Waals surface area contributed by atoms with Crippen LogP contribution in [0, 0.1) is 0 Å². The van der Waals surface area contributed by atoms with Gasteiger partial charge in [-0.25, -0.2) is 9.97 Å². The molecule has 2 rings (SSSR count). The molecule has 1 aromatic carbocycles. The molecule has 0 radical (unpaired) electrons. The van der Waals surface area contributed by atoms with Crippen LogP contribution in [0.5, 0.6) is 0 Å². The first-order valence-electron chi connectivity index (χ1n) is 5.28. The first kappa shape index (κ1) is 12.0. The third-order valence-corrected chi connectivity index (χ3v) is 2.77. The van der Waals surface area contributed by atoms with Crippen molar-refractivity contribution in [1.29, 1.82) is 0 Å². The van der Waals surface area contributed by atoms with Gasteiger partial charge >= 0.3 is 0 Å². The summed E-state index contributed by atoms with van der Waals surface area (Å²) >= 11 is 3.30. The lowest BCUT2D eigenvalue weighted by molar-refractivity contribution is 0.776. The summed E-state index contributed by atoms with van der Waals surface area (Å²) in [5.41, 5.74) is 6.88. The number of aromatic nitrogens is 2. The fourth-order valence-electron chi connectivity index (χ4n) is 1.51. The van der Waals surface area contributed by atoms with Crippen LogP contribution in [0.4, 0.5) is 5.95 Å². The van der Waals surface area contributed by atoms with Crippen molar-refractivity contribution in [2.24, 2.45) is 5.73 Å². The van der Waals surface area contributed by atoms with Crippen LogP contribution in [0.2, 0.25) is 0 Å². The number of nitrogens with one attached hydrogen (secondary N) is 1. The molecule has 5 heteroatoms. The maximum Gasteiger partial charge on any atom is 0.223 e. The molecule has 0 aliphatic heterocycles. The Labute approximate surface area is 108 Å². The molecule has 17 heavy (non-hydrogen) atoms. The topological polar surface area (TPSA) is 63.8 Å². The van der Waals surface area contributed by atoms with Crippen molar-refractivity contribution in [2.75, 3.05) is 11.9 Å². The van der Waals surface area contributed by atoms with Crippen molar-refractivity contribution < 1.29 is 0 Å². The van der Waals surface area contributed by atoms with Gasteiger partial charge in [-0.05, 0) is 21.5 Å². The zero-order valence-corrected chi connectivity index (χ0v) is 10.8. The molecule has 3 N–H and O–H groups in total. The Balaban J connectivity index is 2.13. The second-order valence-electron chi connectivity index (χ2n) is 3.57. The van der Waals surface area contributed by atoms with Crippen LogP contribution < -0.4 is 11.1 Å². The van der Waals surface area contributed by atoms with Gasteiger partial charge in [-0.3, -0.25) is 0 Å². The van der Waals surface area contributed by atoms with Crippen molar-refractivity contribution in [2.45, 2.75) is 6.04 Å². The SMILES string of the molecule is NCC(Nc1ncc(Br)cn1)c1ccccc1. The van der Waals surface area contributed by atoms with Gasteiger partial charge in [0, 0.05) is 18.9 Å². The summed E-state index contributed by atoms with van der Waals surface area (Å²) in [6.07, 6.45) is 3.40. The summed E-state index contributed by atoms with van der Waals surface area (Å²) in [6, 6.07) is 10.0. The molecule has 0 bridgehead atoms. The summed E-state index contributed by atoms with van der Waals surface area (Å²) in [6.45, 7) is 0.490. The largest absolute Gasteiger partial charge is 0.346 e. The second kappa shape index (κ2) is 5.75. The number of nitrogens with two attached hydrogens (primary N) is 1. The molecular weight excluding hydrogens is 280 g/mol. The Morgan fingerprint density at radius 2 is 1.82 bits per heavy atom. The van der Waals surface area contributed by atoms with E-state index in [1.807, 2.05) is 30.3 Å². The third-order valence-electron chi connectivity index (χ3n) is 2.36. The molecule has 88 valence electrons. The number of rotatable bonds is 4. The van der Waals surface area contributed by atoms with Gasteiger partial charge in [0.15, 0.2) is 0 Å². The van der Waals surface area contributed by atoms with Crippen LogP contribution in [0.15, 0.2) is 47.2 Å². The van der Waals surface area contributed by atoms with Crippen LogP contribution in [-0.4, -0.2) is 16.5 Å². The van der Waals surface area contributed by atoms with E-state index >= 15 is 0 Å². The highest BCUT2D eigenvalue weighted by molar-refractivity contribution is 9.10. The fraction of sp³-hybridized carbons (Fsp3) is 0.167. The van der Waals surface area contributed by atoms with Crippen molar-refractivity contribution in [3.05, 3.63) is 52.8 Å². The van der Waals surface area contributed by atoms with Crippen LogP contribution in [0.3, 0.4) is 0 Å². The zero-order chi connectivity index (χ0) is 12.1. The minimum absolute atomic E-state index is 0.0253. The summed E-state index contributed by atoms with van der Waals surface area (Å²) in [7, 11) is 0. The summed E-state index contributed by atoms with van der Waals surface area (Å²) in [4.78, 5) is 8.33. The van der Waals surface area contributed by atoms with E-state index in [0.717, 1.165) is 10.0 Å². The van der Waals surface area contributed by atoms with Crippen LogP contribution in [-0.2, 0) is 0 Å². The summed E-state index contributed by atoms with van der Waals surface area (Å²) < 4.78 is 0.854. The van der Waals surface area contributed by atoms with E-state index in [4.69, 9.17) is 5.73 Å². The average Bonchev–Trinajstić information content (AvgIpc) is 2.39. The second-order valence-corrected chi connectivity index (χ2v) is 4.48. The van der Waals surface area contributed by atoms with Crippen molar-refractivity contribution in [1.82, 2.24) is 9.97 Å². The van der Waals surface area contributed by atoms with Gasteiger partial charge in [-0.2, -0.15) is 0 Å². The quantitative estimate of drug-likeness (QED) is 0.908. The minimum atomic E-state index is 0.0253. The summed E-state index contributed by atoms with van der Waals surface area (Å²) in [5, 5.41) is 3.20. The van der Waals surface area contributed by atoms with Gasteiger partial charge in [0.2, 0.25) is 5.95 Å². The van der Waals surface area contributed by atoms with Crippen LogP contribution >= 0.6 is 15.9 Å². The maximum absolute atomic E-state index is 5.76. The molecule has 2 aromatic rings. The lowest BCUT2D eigenvalue weighted by atomic mass is 10.1. The third kappa shape index (κ3) is 3.25. The van der Waals surface area contributed by atoms with Crippen molar-refractivity contribution >= 4 is 21.9 Å². The Hall–Kier alpha value is -1.46. The van der Waals surface area contributed by atoms with Gasteiger partial charge in [0.05, 0.1) is 10.5 Å².